The normalized spacial score (nSPS) is 16.1. The van der Waals surface area contributed by atoms with Crippen LogP contribution >= 0.6 is 0 Å². The van der Waals surface area contributed by atoms with Gasteiger partial charge < -0.3 is 5.32 Å². The number of hydrogen-bond acceptors (Lipinski definition) is 1. The summed E-state index contributed by atoms with van der Waals surface area (Å²) in [6, 6.07) is 18.0. The molecular formula is C19H23N. The molecule has 0 amide bonds. The highest BCUT2D eigenvalue weighted by Gasteiger charge is 2.25. The molecule has 0 bridgehead atoms. The molecule has 104 valence electrons. The third-order valence-corrected chi connectivity index (χ3v) is 4.21. The molecule has 0 aliphatic heterocycles. The molecular weight excluding hydrogens is 242 g/mol. The van der Waals surface area contributed by atoms with E-state index in [2.05, 4.69) is 67.7 Å². The van der Waals surface area contributed by atoms with E-state index in [0.29, 0.717) is 6.04 Å². The quantitative estimate of drug-likeness (QED) is 0.824. The Morgan fingerprint density at radius 1 is 1.10 bits per heavy atom. The van der Waals surface area contributed by atoms with Crippen LogP contribution in [0.4, 0.5) is 0 Å². The summed E-state index contributed by atoms with van der Waals surface area (Å²) in [5.74, 6) is 0.822. The molecule has 1 fully saturated rings. The van der Waals surface area contributed by atoms with Gasteiger partial charge in [0.2, 0.25) is 0 Å². The van der Waals surface area contributed by atoms with E-state index in [9.17, 15) is 0 Å². The summed E-state index contributed by atoms with van der Waals surface area (Å²) in [6.45, 7) is 5.36. The second-order valence-corrected chi connectivity index (χ2v) is 5.99. The first-order valence-electron chi connectivity index (χ1n) is 7.62. The zero-order chi connectivity index (χ0) is 13.9. The summed E-state index contributed by atoms with van der Waals surface area (Å²) >= 11 is 0. The van der Waals surface area contributed by atoms with E-state index in [0.717, 1.165) is 12.5 Å². The first-order valence-corrected chi connectivity index (χ1v) is 7.62. The smallest absolute Gasteiger partial charge is 0.0295 e. The van der Waals surface area contributed by atoms with E-state index in [1.807, 2.05) is 0 Å². The molecule has 1 heteroatoms. The second-order valence-electron chi connectivity index (χ2n) is 5.99. The molecule has 1 aliphatic carbocycles. The number of hydrogen-bond donors (Lipinski definition) is 1. The van der Waals surface area contributed by atoms with Crippen molar-refractivity contribution in [1.82, 2.24) is 5.32 Å². The first-order chi connectivity index (χ1) is 9.74. The predicted octanol–water partition coefficient (Wildman–Crippen LogP) is 4.72. The first kappa shape index (κ1) is 13.4. The monoisotopic (exact) mass is 265 g/mol. The lowest BCUT2D eigenvalue weighted by Gasteiger charge is -2.16. The lowest BCUT2D eigenvalue weighted by molar-refractivity contribution is 0.572. The van der Waals surface area contributed by atoms with E-state index >= 15 is 0 Å². The van der Waals surface area contributed by atoms with Crippen molar-refractivity contribution >= 4 is 0 Å². The van der Waals surface area contributed by atoms with Crippen molar-refractivity contribution in [3.63, 3.8) is 0 Å². The Balaban J connectivity index is 1.67. The summed E-state index contributed by atoms with van der Waals surface area (Å²) in [4.78, 5) is 0. The average Bonchev–Trinajstić information content (AvgIpc) is 3.29. The fourth-order valence-corrected chi connectivity index (χ4v) is 2.81. The van der Waals surface area contributed by atoms with Gasteiger partial charge >= 0.3 is 0 Å². The van der Waals surface area contributed by atoms with Gasteiger partial charge in [-0.1, -0.05) is 54.1 Å². The van der Waals surface area contributed by atoms with Crippen LogP contribution in [0.25, 0.3) is 0 Å². The van der Waals surface area contributed by atoms with Crippen molar-refractivity contribution in [2.75, 3.05) is 0 Å². The summed E-state index contributed by atoms with van der Waals surface area (Å²) < 4.78 is 0. The van der Waals surface area contributed by atoms with Gasteiger partial charge in [0, 0.05) is 12.6 Å². The van der Waals surface area contributed by atoms with Crippen molar-refractivity contribution in [3.8, 4) is 0 Å². The molecule has 1 atom stereocenters. The largest absolute Gasteiger partial charge is 0.306 e. The Hall–Kier alpha value is -1.60. The lowest BCUT2D eigenvalue weighted by atomic mass is 10.0. The Bertz CT molecular complexity index is 584. The number of rotatable bonds is 5. The Morgan fingerprint density at radius 3 is 2.65 bits per heavy atom. The molecule has 1 N–H and O–H groups in total. The number of aryl methyl sites for hydroxylation is 1. The van der Waals surface area contributed by atoms with Crippen LogP contribution in [0.1, 0.15) is 54.0 Å². The van der Waals surface area contributed by atoms with Gasteiger partial charge in [0.25, 0.3) is 0 Å². The van der Waals surface area contributed by atoms with Crippen molar-refractivity contribution in [2.24, 2.45) is 0 Å². The fraction of sp³-hybridized carbons (Fsp3) is 0.368. The van der Waals surface area contributed by atoms with Crippen LogP contribution in [-0.2, 0) is 6.54 Å². The van der Waals surface area contributed by atoms with Gasteiger partial charge in [-0.25, -0.2) is 0 Å². The Labute approximate surface area is 122 Å². The standard InChI is InChI=1S/C19H23N/c1-14-6-5-8-17(12-14)15(2)20-13-18-7-3-4-9-19(18)16-10-11-16/h3-9,12,15-16,20H,10-11,13H2,1-2H3/t15-/m1/s1. The number of nitrogens with one attached hydrogen (secondary N) is 1. The molecule has 0 saturated heterocycles. The maximum atomic E-state index is 3.67. The third-order valence-electron chi connectivity index (χ3n) is 4.21. The molecule has 1 saturated carbocycles. The van der Waals surface area contributed by atoms with E-state index < -0.39 is 0 Å². The molecule has 20 heavy (non-hydrogen) atoms. The van der Waals surface area contributed by atoms with E-state index in [1.165, 1.54) is 29.5 Å². The topological polar surface area (TPSA) is 12.0 Å². The van der Waals surface area contributed by atoms with E-state index in [-0.39, 0.29) is 0 Å². The molecule has 0 radical (unpaired) electrons. The van der Waals surface area contributed by atoms with E-state index in [4.69, 9.17) is 0 Å². The van der Waals surface area contributed by atoms with Crippen LogP contribution in [0.5, 0.6) is 0 Å². The number of benzene rings is 2. The highest BCUT2D eigenvalue weighted by atomic mass is 14.9. The molecule has 1 nitrogen and oxygen atoms in total. The molecule has 3 rings (SSSR count). The SMILES string of the molecule is Cc1cccc([C@@H](C)NCc2ccccc2C2CC2)c1. The molecule has 0 heterocycles. The van der Waals surface area contributed by atoms with Gasteiger partial charge in [0.1, 0.15) is 0 Å². The summed E-state index contributed by atoms with van der Waals surface area (Å²) in [5, 5.41) is 3.67. The highest BCUT2D eigenvalue weighted by Crippen LogP contribution is 2.41. The molecule has 0 aromatic heterocycles. The Morgan fingerprint density at radius 2 is 1.90 bits per heavy atom. The maximum Gasteiger partial charge on any atom is 0.0295 e. The summed E-state index contributed by atoms with van der Waals surface area (Å²) in [5.41, 5.74) is 5.72. The zero-order valence-corrected chi connectivity index (χ0v) is 12.4. The van der Waals surface area contributed by atoms with Gasteiger partial charge in [-0.05, 0) is 49.3 Å². The molecule has 0 spiro atoms. The van der Waals surface area contributed by atoms with E-state index in [1.54, 1.807) is 5.56 Å². The van der Waals surface area contributed by atoms with Crippen molar-refractivity contribution in [3.05, 3.63) is 70.8 Å². The predicted molar refractivity (Wildman–Crippen MR) is 84.9 cm³/mol. The van der Waals surface area contributed by atoms with Crippen molar-refractivity contribution in [1.29, 1.82) is 0 Å². The van der Waals surface area contributed by atoms with Gasteiger partial charge in [-0.2, -0.15) is 0 Å². The summed E-state index contributed by atoms with van der Waals surface area (Å²) in [7, 11) is 0. The lowest BCUT2D eigenvalue weighted by Crippen LogP contribution is -2.18. The van der Waals surface area contributed by atoms with Crippen LogP contribution < -0.4 is 5.32 Å². The summed E-state index contributed by atoms with van der Waals surface area (Å²) in [6.07, 6.45) is 2.73. The van der Waals surface area contributed by atoms with Crippen LogP contribution in [0.3, 0.4) is 0 Å². The fourth-order valence-electron chi connectivity index (χ4n) is 2.81. The van der Waals surface area contributed by atoms with Crippen molar-refractivity contribution in [2.45, 2.75) is 45.2 Å². The third kappa shape index (κ3) is 3.10. The molecule has 2 aromatic carbocycles. The minimum atomic E-state index is 0.391. The van der Waals surface area contributed by atoms with Crippen LogP contribution in [0.2, 0.25) is 0 Å². The van der Waals surface area contributed by atoms with Gasteiger partial charge in [-0.3, -0.25) is 0 Å². The van der Waals surface area contributed by atoms with Gasteiger partial charge in [0.15, 0.2) is 0 Å². The molecule has 2 aromatic rings. The zero-order valence-electron chi connectivity index (χ0n) is 12.4. The Kier molecular flexibility index (Phi) is 3.88. The molecule has 0 unspecified atom stereocenters. The van der Waals surface area contributed by atoms with Gasteiger partial charge in [-0.15, -0.1) is 0 Å². The van der Waals surface area contributed by atoms with Crippen molar-refractivity contribution < 1.29 is 0 Å². The minimum absolute atomic E-state index is 0.391. The van der Waals surface area contributed by atoms with Crippen LogP contribution in [-0.4, -0.2) is 0 Å². The van der Waals surface area contributed by atoms with Crippen LogP contribution in [0, 0.1) is 6.92 Å². The average molecular weight is 265 g/mol. The second kappa shape index (κ2) is 5.80. The van der Waals surface area contributed by atoms with Gasteiger partial charge in [0.05, 0.1) is 0 Å². The maximum absolute atomic E-state index is 3.67. The minimum Gasteiger partial charge on any atom is -0.306 e. The highest BCUT2D eigenvalue weighted by molar-refractivity contribution is 5.33. The molecule has 1 aliphatic rings. The van der Waals surface area contributed by atoms with Crippen LogP contribution in [0.15, 0.2) is 48.5 Å².